The van der Waals surface area contributed by atoms with E-state index in [0.717, 1.165) is 0 Å². The van der Waals surface area contributed by atoms with Gasteiger partial charge in [-0.2, -0.15) is 0 Å². The van der Waals surface area contributed by atoms with Crippen molar-refractivity contribution < 1.29 is 14.0 Å². The zero-order chi connectivity index (χ0) is 14.4. The summed E-state index contributed by atoms with van der Waals surface area (Å²) >= 11 is -0.750. The molecule has 0 saturated heterocycles. The Bertz CT molecular complexity index is 118. The van der Waals surface area contributed by atoms with Gasteiger partial charge in [0.1, 0.15) is 0 Å². The molecule has 0 aromatic heterocycles. The second-order valence-electron chi connectivity index (χ2n) is 4.72. The van der Waals surface area contributed by atoms with Crippen LogP contribution in [0.15, 0.2) is 0 Å². The Morgan fingerprint density at radius 2 is 1.06 bits per heavy atom. The van der Waals surface area contributed by atoms with Gasteiger partial charge in [0, 0.05) is 6.10 Å². The Balaban J connectivity index is -0.0000000922. The van der Waals surface area contributed by atoms with E-state index in [1.807, 2.05) is 0 Å². The van der Waals surface area contributed by atoms with E-state index in [9.17, 15) is 10.2 Å². The van der Waals surface area contributed by atoms with Crippen LogP contribution in [0.1, 0.15) is 55.4 Å². The van der Waals surface area contributed by atoms with E-state index in [2.05, 4.69) is 27.7 Å². The summed E-state index contributed by atoms with van der Waals surface area (Å²) in [7, 11) is 0. The summed E-state index contributed by atoms with van der Waals surface area (Å²) in [6, 6.07) is 0. The number of hydrogen-bond donors (Lipinski definition) is 0. The molecule has 0 aliphatic rings. The van der Waals surface area contributed by atoms with Crippen molar-refractivity contribution in [2.75, 3.05) is 0 Å². The minimum atomic E-state index is -0.750. The number of rotatable bonds is 4. The topological polar surface area (TPSA) is 55.3 Å². The van der Waals surface area contributed by atoms with Crippen molar-refractivity contribution in [2.24, 2.45) is 0 Å². The standard InChI is InChI=1S/3C3H7O.2C2H5.Al.Mg/c3*1-3(2)4;2*1-2;;/h3*3H,1-2H3;2*1H2,2H3;;/q3*-1;;;+1;+2. The fraction of sp³-hybridized carbons (Fsp3) is 1.00. The van der Waals surface area contributed by atoms with Gasteiger partial charge < -0.3 is 14.0 Å². The second-order valence-corrected chi connectivity index (χ2v) is 7.87. The molecule has 0 bridgehead atoms. The molecule has 0 atom stereocenters. The van der Waals surface area contributed by atoms with Gasteiger partial charge in [0.25, 0.3) is 0 Å². The summed E-state index contributed by atoms with van der Waals surface area (Å²) in [5.41, 5.74) is 0. The molecule has 0 aliphatic carbocycles. The van der Waals surface area contributed by atoms with Crippen molar-refractivity contribution in [3.05, 3.63) is 0 Å². The molecule has 0 heterocycles. The van der Waals surface area contributed by atoms with Gasteiger partial charge in [0.05, 0.1) is 0 Å². The van der Waals surface area contributed by atoms with Gasteiger partial charge in [0.15, 0.2) is 0 Å². The summed E-state index contributed by atoms with van der Waals surface area (Å²) < 4.78 is 5.69. The Labute approximate surface area is 135 Å². The van der Waals surface area contributed by atoms with Gasteiger partial charge in [-0.15, -0.1) is 12.2 Å². The maximum absolute atomic E-state index is 9.53. The van der Waals surface area contributed by atoms with Gasteiger partial charge in [-0.3, -0.25) is 0 Å². The summed E-state index contributed by atoms with van der Waals surface area (Å²) in [6.45, 7) is 15.1. The molecule has 106 valence electrons. The summed E-state index contributed by atoms with van der Waals surface area (Å²) in [4.78, 5) is 0. The molecule has 3 nitrogen and oxygen atoms in total. The van der Waals surface area contributed by atoms with Crippen LogP contribution >= 0.6 is 0 Å². The van der Waals surface area contributed by atoms with E-state index in [-0.39, 0.29) is 23.1 Å². The minimum Gasteiger partial charge on any atom is -0.852 e. The van der Waals surface area contributed by atoms with Crippen LogP contribution in [0.4, 0.5) is 0 Å². The molecule has 0 aliphatic heterocycles. The van der Waals surface area contributed by atoms with E-state index in [1.165, 1.54) is 10.6 Å². The van der Waals surface area contributed by atoms with Gasteiger partial charge in [0.2, 0.25) is 0 Å². The van der Waals surface area contributed by atoms with Crippen LogP contribution in [0.5, 0.6) is 0 Å². The van der Waals surface area contributed by atoms with E-state index in [1.54, 1.807) is 27.7 Å². The van der Waals surface area contributed by atoms with Crippen molar-refractivity contribution >= 4 is 37.5 Å². The smallest absolute Gasteiger partial charge is 0.852 e. The third-order valence-corrected chi connectivity index (χ3v) is 4.13. The SMILES string of the molecule is CC(C)[O-].CC(C)[O-].C[CH2][Al]([CH2]C)[O]C(C)C.[Mg+2]. The monoisotopic (exact) mass is 286 g/mol. The minimum absolute atomic E-state index is 0. The maximum Gasteiger partial charge on any atom is 2.00 e. The first-order chi connectivity index (χ1) is 7.67. The molecule has 0 unspecified atom stereocenters. The molecular weight excluding hydrogens is 255 g/mol. The summed E-state index contributed by atoms with van der Waals surface area (Å²) in [5, 5.41) is 21.6. The van der Waals surface area contributed by atoms with Crippen LogP contribution < -0.4 is 10.2 Å². The Morgan fingerprint density at radius 1 is 0.833 bits per heavy atom. The van der Waals surface area contributed by atoms with Crippen LogP contribution in [-0.2, 0) is 3.79 Å². The first-order valence-electron chi connectivity index (χ1n) is 6.64. The van der Waals surface area contributed by atoms with E-state index in [0.29, 0.717) is 6.10 Å². The third-order valence-electron chi connectivity index (χ3n) is 1.38. The second kappa shape index (κ2) is 20.5. The van der Waals surface area contributed by atoms with Crippen LogP contribution in [0.2, 0.25) is 10.6 Å². The van der Waals surface area contributed by atoms with E-state index < -0.39 is 26.7 Å². The first kappa shape index (κ1) is 27.5. The maximum atomic E-state index is 9.53. The average molecular weight is 287 g/mol. The predicted octanol–water partition coefficient (Wildman–Crippen LogP) is 1.57. The zero-order valence-electron chi connectivity index (χ0n) is 13.7. The van der Waals surface area contributed by atoms with Crippen molar-refractivity contribution in [3.63, 3.8) is 0 Å². The average Bonchev–Trinajstić information content (AvgIpc) is 2.12. The number of hydrogen-bond acceptors (Lipinski definition) is 3. The van der Waals surface area contributed by atoms with Crippen molar-refractivity contribution in [3.8, 4) is 0 Å². The molecule has 18 heavy (non-hydrogen) atoms. The van der Waals surface area contributed by atoms with Crippen LogP contribution in [0, 0.1) is 0 Å². The van der Waals surface area contributed by atoms with Crippen LogP contribution in [0.3, 0.4) is 0 Å². The van der Waals surface area contributed by atoms with Gasteiger partial charge in [-0.05, 0) is 13.8 Å². The molecule has 0 aromatic rings. The Hall–Kier alpha value is 1.18. The fourth-order valence-corrected chi connectivity index (χ4v) is 2.60. The first-order valence-corrected chi connectivity index (χ1v) is 8.74. The molecule has 0 saturated carbocycles. The van der Waals surface area contributed by atoms with Crippen molar-refractivity contribution in [1.82, 2.24) is 0 Å². The van der Waals surface area contributed by atoms with Crippen LogP contribution in [0.25, 0.3) is 0 Å². The van der Waals surface area contributed by atoms with E-state index >= 15 is 0 Å². The predicted molar refractivity (Wildman–Crippen MR) is 79.0 cm³/mol. The quantitative estimate of drug-likeness (QED) is 0.737. The summed E-state index contributed by atoms with van der Waals surface area (Å²) in [6.07, 6.45) is -0.387. The van der Waals surface area contributed by atoms with E-state index in [4.69, 9.17) is 3.79 Å². The molecule has 0 aromatic carbocycles. The fourth-order valence-electron chi connectivity index (χ4n) is 0.866. The molecule has 0 radical (unpaired) electrons. The van der Waals surface area contributed by atoms with Gasteiger partial charge in [-0.1, -0.05) is 52.1 Å². The molecule has 0 fully saturated rings. The van der Waals surface area contributed by atoms with Crippen molar-refractivity contribution in [1.29, 1.82) is 0 Å². The molecular formula is C13H31AlMgO3. The third kappa shape index (κ3) is 53.4. The van der Waals surface area contributed by atoms with Gasteiger partial charge >= 0.3 is 37.5 Å². The molecule has 0 spiro atoms. The largest absolute Gasteiger partial charge is 2.00 e. The molecule has 5 heteroatoms. The molecule has 0 N–H and O–H groups in total. The van der Waals surface area contributed by atoms with Crippen LogP contribution in [-0.4, -0.2) is 55.8 Å². The zero-order valence-corrected chi connectivity index (χ0v) is 16.2. The Morgan fingerprint density at radius 3 is 1.11 bits per heavy atom. The summed E-state index contributed by atoms with van der Waals surface area (Å²) in [5.74, 6) is 0. The Kier molecular flexibility index (Phi) is 31.3. The van der Waals surface area contributed by atoms with Gasteiger partial charge in [-0.25, -0.2) is 0 Å². The van der Waals surface area contributed by atoms with Crippen molar-refractivity contribution in [2.45, 2.75) is 84.3 Å². The molecule has 0 amide bonds. The molecule has 0 rings (SSSR count). The normalized spacial score (nSPS) is 9.17.